The predicted molar refractivity (Wildman–Crippen MR) is 282 cm³/mol. The lowest BCUT2D eigenvalue weighted by atomic mass is 9.92. The first-order chi connectivity index (χ1) is 33.1. The van der Waals surface area contributed by atoms with Crippen molar-refractivity contribution in [2.24, 2.45) is 0 Å². The molecular formula is C48H70Cl2FN17O2. The molecule has 6 heterocycles. The number of halogens is 3. The van der Waals surface area contributed by atoms with Gasteiger partial charge in [0, 0.05) is 50.9 Å². The van der Waals surface area contributed by atoms with Gasteiger partial charge in [-0.1, -0.05) is 95.8 Å². The molecular weight excluding hydrogens is 937 g/mol. The number of nitrogens with one attached hydrogen (secondary N) is 5. The first-order valence-corrected chi connectivity index (χ1v) is 24.5. The monoisotopic (exact) mass is 1010 g/mol. The van der Waals surface area contributed by atoms with E-state index in [0.29, 0.717) is 73.7 Å². The van der Waals surface area contributed by atoms with Gasteiger partial charge in [0.2, 0.25) is 29.7 Å². The van der Waals surface area contributed by atoms with Crippen molar-refractivity contribution in [3.63, 3.8) is 0 Å². The number of anilines is 6. The van der Waals surface area contributed by atoms with Crippen molar-refractivity contribution in [3.05, 3.63) is 52.7 Å². The number of rotatable bonds is 21. The fraction of sp³-hybridized carbons (Fsp3) is 0.521. The standard InChI is InChI=1S/C17H25ClN6O.C16H23ClN6O.C15H22FN5/c1-4-5-6-7-17(3,10-21-11(2)25)24-15-14-13(22-16(19)23-15)8-12(18)9-20-14;1-4-5-6-16(3,9-20-10(2)24)23-14-13-12(21-15(18)22-14)7-11(17)8-19-13;1-4-6-7-15(3,5-2)21-13-12-11(19-14(17)20-13)8-10(16)9-18-12/h8-9H,4-7,10H2,1-3H3,(H,21,25)(H3,19,22,23,24);7-8H,4-6,9H2,1-3H3,(H,20,24)(H3,18,21,22,23);8-9H,4-7H2,1-3H3,(H3,17,19,20,21)/t17-;16-;15-/m001/s1. The molecule has 0 radical (unpaired) electrons. The van der Waals surface area contributed by atoms with Crippen LogP contribution in [0.15, 0.2) is 36.8 Å². The normalized spacial score (nSPS) is 13.7. The average molecular weight is 1010 g/mol. The fourth-order valence-corrected chi connectivity index (χ4v) is 7.72. The van der Waals surface area contributed by atoms with E-state index in [4.69, 9.17) is 40.4 Å². The number of amides is 2. The van der Waals surface area contributed by atoms with Crippen LogP contribution in [0.25, 0.3) is 33.1 Å². The van der Waals surface area contributed by atoms with E-state index in [1.807, 2.05) is 6.92 Å². The van der Waals surface area contributed by atoms with Gasteiger partial charge in [0.1, 0.15) is 22.4 Å². The lowest BCUT2D eigenvalue weighted by Gasteiger charge is -2.32. The summed E-state index contributed by atoms with van der Waals surface area (Å²) in [5.41, 5.74) is 19.8. The van der Waals surface area contributed by atoms with Crippen LogP contribution in [0.3, 0.4) is 0 Å². The summed E-state index contributed by atoms with van der Waals surface area (Å²) in [6.07, 6.45) is 15.6. The highest BCUT2D eigenvalue weighted by Crippen LogP contribution is 2.30. The van der Waals surface area contributed by atoms with E-state index in [1.54, 1.807) is 24.5 Å². The largest absolute Gasteiger partial charge is 0.368 e. The number of carbonyl (C=O) groups is 2. The molecule has 380 valence electrons. The third-order valence-corrected chi connectivity index (χ3v) is 12.0. The van der Waals surface area contributed by atoms with Crippen LogP contribution in [-0.2, 0) is 9.59 Å². The maximum absolute atomic E-state index is 13.3. The Morgan fingerprint density at radius 3 is 1.29 bits per heavy atom. The van der Waals surface area contributed by atoms with Gasteiger partial charge in [0.25, 0.3) is 0 Å². The molecule has 3 atom stereocenters. The molecule has 11 N–H and O–H groups in total. The van der Waals surface area contributed by atoms with Crippen LogP contribution in [0, 0.1) is 5.82 Å². The van der Waals surface area contributed by atoms with Crippen molar-refractivity contribution < 1.29 is 14.0 Å². The van der Waals surface area contributed by atoms with Crippen LogP contribution in [-0.4, -0.2) is 86.4 Å². The molecule has 0 bridgehead atoms. The minimum atomic E-state index is -0.434. The van der Waals surface area contributed by atoms with Gasteiger partial charge >= 0.3 is 0 Å². The summed E-state index contributed by atoms with van der Waals surface area (Å²) in [6.45, 7) is 18.8. The highest BCUT2D eigenvalue weighted by Gasteiger charge is 2.28. The van der Waals surface area contributed by atoms with Gasteiger partial charge in [-0.15, -0.1) is 0 Å². The van der Waals surface area contributed by atoms with Gasteiger partial charge in [-0.05, 0) is 58.6 Å². The Balaban J connectivity index is 0.000000229. The van der Waals surface area contributed by atoms with E-state index in [0.717, 1.165) is 70.6 Å². The predicted octanol–water partition coefficient (Wildman–Crippen LogP) is 9.42. The quantitative estimate of drug-likeness (QED) is 0.0311. The van der Waals surface area contributed by atoms with Crippen molar-refractivity contribution in [3.8, 4) is 0 Å². The molecule has 0 saturated heterocycles. The van der Waals surface area contributed by atoms with E-state index < -0.39 is 5.82 Å². The Hall–Kier alpha value is -6.28. The third kappa shape index (κ3) is 17.3. The summed E-state index contributed by atoms with van der Waals surface area (Å²) in [6, 6.07) is 4.72. The smallest absolute Gasteiger partial charge is 0.222 e. The van der Waals surface area contributed by atoms with Gasteiger partial charge in [0.15, 0.2) is 17.5 Å². The molecule has 70 heavy (non-hydrogen) atoms. The zero-order chi connectivity index (χ0) is 51.6. The second-order valence-electron chi connectivity index (χ2n) is 18.2. The Bertz CT molecular complexity index is 2690. The van der Waals surface area contributed by atoms with E-state index in [1.165, 1.54) is 26.1 Å². The van der Waals surface area contributed by atoms with E-state index in [9.17, 15) is 14.0 Å². The SMILES string of the molecule is CCCCC[C@@](C)(CNC(C)=O)Nc1nc(N)nc2cc(Cl)cnc12.CCCC[C@@](C)(CC)Nc1nc(N)nc2cc(F)cnc12.CCCC[C@@](C)(CNC(C)=O)Nc1nc(N)nc2cc(Cl)cnc12. The zero-order valence-corrected chi connectivity index (χ0v) is 43.4. The van der Waals surface area contributed by atoms with Crippen LogP contribution in [0.4, 0.5) is 39.7 Å². The maximum atomic E-state index is 13.3. The van der Waals surface area contributed by atoms with E-state index in [-0.39, 0.29) is 46.3 Å². The van der Waals surface area contributed by atoms with Crippen molar-refractivity contribution in [1.29, 1.82) is 0 Å². The Morgan fingerprint density at radius 1 is 0.543 bits per heavy atom. The van der Waals surface area contributed by atoms with Crippen LogP contribution >= 0.6 is 23.2 Å². The summed E-state index contributed by atoms with van der Waals surface area (Å²) < 4.78 is 13.3. The van der Waals surface area contributed by atoms with Crippen LogP contribution in [0.2, 0.25) is 10.0 Å². The summed E-state index contributed by atoms with van der Waals surface area (Å²) in [7, 11) is 0. The lowest BCUT2D eigenvalue weighted by molar-refractivity contribution is -0.120. The van der Waals surface area contributed by atoms with Crippen molar-refractivity contribution in [2.75, 3.05) is 46.2 Å². The molecule has 0 aliphatic carbocycles. The molecule has 0 aliphatic rings. The van der Waals surface area contributed by atoms with Crippen LogP contribution < -0.4 is 43.8 Å². The summed E-state index contributed by atoms with van der Waals surface area (Å²) >= 11 is 12.0. The summed E-state index contributed by atoms with van der Waals surface area (Å²) in [5.74, 6) is 1.49. The van der Waals surface area contributed by atoms with Gasteiger partial charge in [-0.2, -0.15) is 15.0 Å². The van der Waals surface area contributed by atoms with Crippen molar-refractivity contribution in [1.82, 2.24) is 55.5 Å². The molecule has 2 amide bonds. The van der Waals surface area contributed by atoms with Crippen molar-refractivity contribution in [2.45, 2.75) is 150 Å². The number of pyridine rings is 3. The summed E-state index contributed by atoms with van der Waals surface area (Å²) in [5, 5.41) is 17.0. The van der Waals surface area contributed by atoms with Gasteiger partial charge in [0.05, 0.1) is 43.9 Å². The molecule has 0 unspecified atom stereocenters. The second kappa shape index (κ2) is 26.1. The number of nitrogens with two attached hydrogens (primary N) is 3. The molecule has 0 aromatic carbocycles. The number of aromatic nitrogens is 9. The minimum Gasteiger partial charge on any atom is -0.368 e. The highest BCUT2D eigenvalue weighted by atomic mass is 35.5. The molecule has 6 rings (SSSR count). The van der Waals surface area contributed by atoms with Crippen molar-refractivity contribution >= 4 is 103 Å². The Kier molecular flexibility index (Phi) is 21.0. The second-order valence-corrected chi connectivity index (χ2v) is 19.1. The molecule has 0 fully saturated rings. The Labute approximate surface area is 419 Å². The zero-order valence-electron chi connectivity index (χ0n) is 41.9. The van der Waals surface area contributed by atoms with Crippen LogP contribution in [0.5, 0.6) is 0 Å². The first kappa shape index (κ1) is 56.3. The highest BCUT2D eigenvalue weighted by molar-refractivity contribution is 6.31. The molecule has 0 saturated carbocycles. The number of fused-ring (bicyclic) bond motifs is 3. The topological polar surface area (TPSA) is 288 Å². The maximum Gasteiger partial charge on any atom is 0.222 e. The molecule has 6 aromatic rings. The molecule has 0 spiro atoms. The first-order valence-electron chi connectivity index (χ1n) is 23.7. The molecule has 0 aliphatic heterocycles. The third-order valence-electron chi connectivity index (χ3n) is 11.6. The van der Waals surface area contributed by atoms with Crippen LogP contribution in [0.1, 0.15) is 133 Å². The number of unbranched alkanes of at least 4 members (excludes halogenated alkanes) is 4. The average Bonchev–Trinajstić information content (AvgIpc) is 3.29. The molecule has 22 heteroatoms. The molecule has 6 aromatic heterocycles. The molecule has 19 nitrogen and oxygen atoms in total. The van der Waals surface area contributed by atoms with E-state index in [2.05, 4.69) is 113 Å². The number of nitrogens with zero attached hydrogens (tertiary/aromatic N) is 9. The lowest BCUT2D eigenvalue weighted by Crippen LogP contribution is -2.46. The minimum absolute atomic E-state index is 0.0690. The number of hydrogen-bond donors (Lipinski definition) is 8. The van der Waals surface area contributed by atoms with Gasteiger partial charge < -0.3 is 43.8 Å². The fourth-order valence-electron chi connectivity index (χ4n) is 7.41. The number of hydrogen-bond acceptors (Lipinski definition) is 17. The number of carbonyl (C=O) groups excluding carboxylic acids is 2. The number of nitrogen functional groups attached to an aromatic ring is 3. The summed E-state index contributed by atoms with van der Waals surface area (Å²) in [4.78, 5) is 60.7. The van der Waals surface area contributed by atoms with Gasteiger partial charge in [-0.3, -0.25) is 9.59 Å². The Morgan fingerprint density at radius 2 is 0.900 bits per heavy atom. The van der Waals surface area contributed by atoms with E-state index >= 15 is 0 Å². The van der Waals surface area contributed by atoms with Gasteiger partial charge in [-0.25, -0.2) is 34.3 Å².